The lowest BCUT2D eigenvalue weighted by molar-refractivity contribution is 0.404. The van der Waals surface area contributed by atoms with E-state index in [-0.39, 0.29) is 5.41 Å². The van der Waals surface area contributed by atoms with Gasteiger partial charge >= 0.3 is 0 Å². The molecular weight excluding hydrogens is 296 g/mol. The molecule has 1 aliphatic carbocycles. The highest BCUT2D eigenvalue weighted by atomic mass is 15.1. The summed E-state index contributed by atoms with van der Waals surface area (Å²) >= 11 is 0. The van der Waals surface area contributed by atoms with Gasteiger partial charge in [0.25, 0.3) is 0 Å². The second-order valence-corrected chi connectivity index (χ2v) is 6.77. The van der Waals surface area contributed by atoms with Crippen LogP contribution >= 0.6 is 0 Å². The molecule has 0 saturated carbocycles. The zero-order chi connectivity index (χ0) is 16.8. The molecule has 1 aliphatic rings. The van der Waals surface area contributed by atoms with Crippen molar-refractivity contribution in [2.75, 3.05) is 13.1 Å². The van der Waals surface area contributed by atoms with Gasteiger partial charge in [0, 0.05) is 30.3 Å². The average Bonchev–Trinajstić information content (AvgIpc) is 2.62. The topological polar surface area (TPSA) is 63.3 Å². The van der Waals surface area contributed by atoms with E-state index in [0.717, 1.165) is 31.6 Å². The van der Waals surface area contributed by atoms with Gasteiger partial charge in [-0.05, 0) is 42.5 Å². The van der Waals surface area contributed by atoms with E-state index in [1.165, 1.54) is 24.0 Å². The first kappa shape index (κ1) is 16.5. The van der Waals surface area contributed by atoms with Crippen molar-refractivity contribution in [1.29, 1.82) is 0 Å². The second-order valence-electron chi connectivity index (χ2n) is 6.77. The maximum absolute atomic E-state index is 6.05. The number of hydrogen-bond acceptors (Lipinski definition) is 2. The van der Waals surface area contributed by atoms with Crippen molar-refractivity contribution in [2.45, 2.75) is 38.0 Å². The summed E-state index contributed by atoms with van der Waals surface area (Å²) in [4.78, 5) is 8.92. The molecule has 0 radical (unpaired) electrons. The first-order valence-electron chi connectivity index (χ1n) is 8.69. The highest BCUT2D eigenvalue weighted by Gasteiger charge is 2.31. The third-order valence-corrected chi connectivity index (χ3v) is 4.85. The fraction of sp³-hybridized carbons (Fsp3) is 0.400. The minimum Gasteiger partial charge on any atom is -0.370 e. The number of aromatic nitrogens is 1. The number of benzene rings is 1. The summed E-state index contributed by atoms with van der Waals surface area (Å²) in [6.45, 7) is 3.78. The Morgan fingerprint density at radius 3 is 2.92 bits per heavy atom. The number of nitrogens with zero attached hydrogens (tertiary/aromatic N) is 2. The number of aliphatic imine (C=N–C) groups is 1. The van der Waals surface area contributed by atoms with Crippen LogP contribution in [0.5, 0.6) is 0 Å². The lowest BCUT2D eigenvalue weighted by Crippen LogP contribution is -2.36. The predicted octanol–water partition coefficient (Wildman–Crippen LogP) is 2.82. The Hall–Kier alpha value is -2.36. The van der Waals surface area contributed by atoms with E-state index in [1.807, 2.05) is 24.4 Å². The summed E-state index contributed by atoms with van der Waals surface area (Å²) < 4.78 is 0. The van der Waals surface area contributed by atoms with Crippen LogP contribution < -0.4 is 11.1 Å². The molecule has 2 aromatic rings. The number of rotatable bonds is 5. The van der Waals surface area contributed by atoms with E-state index in [2.05, 4.69) is 46.5 Å². The molecule has 1 unspecified atom stereocenters. The molecule has 1 aromatic heterocycles. The first-order chi connectivity index (χ1) is 11.7. The number of guanidine groups is 1. The van der Waals surface area contributed by atoms with E-state index in [1.54, 1.807) is 0 Å². The molecular formula is C20H26N4. The van der Waals surface area contributed by atoms with Crippen LogP contribution in [0.1, 0.15) is 36.6 Å². The van der Waals surface area contributed by atoms with Crippen molar-refractivity contribution in [3.05, 3.63) is 65.5 Å². The van der Waals surface area contributed by atoms with Crippen molar-refractivity contribution in [1.82, 2.24) is 10.3 Å². The van der Waals surface area contributed by atoms with Crippen LogP contribution in [0.25, 0.3) is 0 Å². The lowest BCUT2D eigenvalue weighted by atomic mass is 9.71. The smallest absolute Gasteiger partial charge is 0.188 e. The molecule has 1 heterocycles. The van der Waals surface area contributed by atoms with Crippen molar-refractivity contribution in [3.63, 3.8) is 0 Å². The lowest BCUT2D eigenvalue weighted by Gasteiger charge is -2.34. The van der Waals surface area contributed by atoms with Gasteiger partial charge in [-0.3, -0.25) is 9.98 Å². The number of pyridine rings is 1. The normalized spacial score (nSPS) is 20.5. The van der Waals surface area contributed by atoms with Gasteiger partial charge in [0.15, 0.2) is 5.96 Å². The van der Waals surface area contributed by atoms with E-state index < -0.39 is 0 Å². The zero-order valence-electron chi connectivity index (χ0n) is 14.3. The molecule has 126 valence electrons. The summed E-state index contributed by atoms with van der Waals surface area (Å²) in [5.74, 6) is 0.523. The largest absolute Gasteiger partial charge is 0.370 e. The number of fused-ring (bicyclic) bond motifs is 1. The number of hydrogen-bond donors (Lipinski definition) is 2. The summed E-state index contributed by atoms with van der Waals surface area (Å²) in [5, 5.41) is 3.20. The molecule has 0 aliphatic heterocycles. The van der Waals surface area contributed by atoms with Crippen molar-refractivity contribution >= 4 is 5.96 Å². The third-order valence-electron chi connectivity index (χ3n) is 4.85. The molecule has 4 nitrogen and oxygen atoms in total. The van der Waals surface area contributed by atoms with E-state index in [0.29, 0.717) is 5.96 Å². The molecule has 0 spiro atoms. The SMILES string of the molecule is CC1(CN=C(N)NCCc2ccccn2)CCCc2ccccc21. The zero-order valence-corrected chi connectivity index (χ0v) is 14.3. The van der Waals surface area contributed by atoms with Crippen LogP contribution in [0.2, 0.25) is 0 Å². The van der Waals surface area contributed by atoms with Gasteiger partial charge in [-0.15, -0.1) is 0 Å². The quantitative estimate of drug-likeness (QED) is 0.657. The van der Waals surface area contributed by atoms with Crippen molar-refractivity contribution in [3.8, 4) is 0 Å². The Kier molecular flexibility index (Phi) is 5.14. The second kappa shape index (κ2) is 7.47. The Morgan fingerprint density at radius 2 is 2.08 bits per heavy atom. The average molecular weight is 322 g/mol. The molecule has 3 N–H and O–H groups in total. The maximum Gasteiger partial charge on any atom is 0.188 e. The molecule has 3 rings (SSSR count). The molecule has 0 bridgehead atoms. The molecule has 1 aromatic carbocycles. The Bertz CT molecular complexity index is 696. The monoisotopic (exact) mass is 322 g/mol. The van der Waals surface area contributed by atoms with Gasteiger partial charge < -0.3 is 11.1 Å². The summed E-state index contributed by atoms with van der Waals surface area (Å²) in [5.41, 5.74) is 10.1. The van der Waals surface area contributed by atoms with Gasteiger partial charge in [-0.25, -0.2) is 0 Å². The van der Waals surface area contributed by atoms with E-state index >= 15 is 0 Å². The van der Waals surface area contributed by atoms with Crippen molar-refractivity contribution < 1.29 is 0 Å². The Balaban J connectivity index is 1.57. The van der Waals surface area contributed by atoms with Crippen LogP contribution in [0.4, 0.5) is 0 Å². The number of nitrogens with two attached hydrogens (primary N) is 1. The van der Waals surface area contributed by atoms with E-state index in [4.69, 9.17) is 5.73 Å². The third kappa shape index (κ3) is 3.94. The van der Waals surface area contributed by atoms with E-state index in [9.17, 15) is 0 Å². The molecule has 0 saturated heterocycles. The number of nitrogens with one attached hydrogen (secondary N) is 1. The van der Waals surface area contributed by atoms with Gasteiger partial charge in [0.05, 0.1) is 6.54 Å². The van der Waals surface area contributed by atoms with Gasteiger partial charge in [0.1, 0.15) is 0 Å². The molecule has 1 atom stereocenters. The highest BCUT2D eigenvalue weighted by Crippen LogP contribution is 2.37. The van der Waals surface area contributed by atoms with Crippen LogP contribution in [-0.2, 0) is 18.3 Å². The van der Waals surface area contributed by atoms with Gasteiger partial charge in [0.2, 0.25) is 0 Å². The Labute approximate surface area is 144 Å². The molecule has 0 fully saturated rings. The molecule has 4 heteroatoms. The van der Waals surface area contributed by atoms with Crippen molar-refractivity contribution in [2.24, 2.45) is 10.7 Å². The molecule has 0 amide bonds. The summed E-state index contributed by atoms with van der Waals surface area (Å²) in [6.07, 6.45) is 6.21. The van der Waals surface area contributed by atoms with Gasteiger partial charge in [-0.1, -0.05) is 37.3 Å². The van der Waals surface area contributed by atoms with Crippen LogP contribution in [-0.4, -0.2) is 24.0 Å². The standard InChI is InChI=1S/C20H26N4/c1-20(12-6-8-16-7-2-3-10-18(16)20)15-24-19(21)23-14-11-17-9-4-5-13-22-17/h2-5,7,9-10,13H,6,8,11-12,14-15H2,1H3,(H3,21,23,24). The van der Waals surface area contributed by atoms with Crippen LogP contribution in [0.15, 0.2) is 53.7 Å². The molecule has 24 heavy (non-hydrogen) atoms. The number of aryl methyl sites for hydroxylation is 1. The van der Waals surface area contributed by atoms with Crippen LogP contribution in [0.3, 0.4) is 0 Å². The maximum atomic E-state index is 6.05. The predicted molar refractivity (Wildman–Crippen MR) is 99.2 cm³/mol. The summed E-state index contributed by atoms with van der Waals surface area (Å²) in [7, 11) is 0. The summed E-state index contributed by atoms with van der Waals surface area (Å²) in [6, 6.07) is 14.7. The first-order valence-corrected chi connectivity index (χ1v) is 8.69. The highest BCUT2D eigenvalue weighted by molar-refractivity contribution is 5.77. The minimum atomic E-state index is 0.0854. The fourth-order valence-corrected chi connectivity index (χ4v) is 3.48. The fourth-order valence-electron chi connectivity index (χ4n) is 3.48. The van der Waals surface area contributed by atoms with Gasteiger partial charge in [-0.2, -0.15) is 0 Å². The minimum absolute atomic E-state index is 0.0854. The van der Waals surface area contributed by atoms with Crippen LogP contribution in [0, 0.1) is 0 Å². The Morgan fingerprint density at radius 1 is 1.25 bits per heavy atom.